The molecule has 106 valence electrons. The number of hydrogen-bond donors (Lipinski definition) is 0. The number of halogens is 2. The third kappa shape index (κ3) is 3.31. The molecule has 1 aromatic carbocycles. The number of rotatable bonds is 1. The largest absolute Gasteiger partial charge is 0.329 e. The van der Waals surface area contributed by atoms with Crippen LogP contribution in [0.2, 0.25) is 0 Å². The molecule has 0 radical (unpaired) electrons. The van der Waals surface area contributed by atoms with E-state index in [-0.39, 0.29) is 0 Å². The molecule has 2 nitrogen and oxygen atoms in total. The van der Waals surface area contributed by atoms with Gasteiger partial charge in [-0.05, 0) is 53.7 Å². The van der Waals surface area contributed by atoms with Crippen molar-refractivity contribution in [3.63, 3.8) is 0 Å². The van der Waals surface area contributed by atoms with Gasteiger partial charge < -0.3 is 4.90 Å². The lowest BCUT2D eigenvalue weighted by molar-refractivity contribution is 0.0262. The normalized spacial score (nSPS) is 12.4. The summed E-state index contributed by atoms with van der Waals surface area (Å²) in [4.78, 5) is 14.0. The third-order valence-corrected chi connectivity index (χ3v) is 2.72. The quantitative estimate of drug-likeness (QED) is 0.754. The molecule has 4 heteroatoms. The van der Waals surface area contributed by atoms with Gasteiger partial charge in [-0.25, -0.2) is 8.78 Å². The molecule has 0 heterocycles. The first-order valence-corrected chi connectivity index (χ1v) is 6.25. The highest BCUT2D eigenvalue weighted by Gasteiger charge is 2.38. The zero-order chi connectivity index (χ0) is 15.0. The fourth-order valence-corrected chi connectivity index (χ4v) is 2.43. The Morgan fingerprint density at radius 1 is 0.947 bits per heavy atom. The summed E-state index contributed by atoms with van der Waals surface area (Å²) in [5.41, 5.74) is -1.57. The van der Waals surface area contributed by atoms with Gasteiger partial charge >= 0.3 is 0 Å². The maximum atomic E-state index is 13.8. The lowest BCUT2D eigenvalue weighted by atomic mass is 9.94. The van der Waals surface area contributed by atoms with Crippen molar-refractivity contribution >= 4 is 5.91 Å². The summed E-state index contributed by atoms with van der Waals surface area (Å²) in [6, 6.07) is 3.44. The molecule has 0 unspecified atom stereocenters. The van der Waals surface area contributed by atoms with E-state index in [1.165, 1.54) is 11.0 Å². The molecular weight excluding hydrogens is 248 g/mol. The second-order valence-corrected chi connectivity index (χ2v) is 6.58. The van der Waals surface area contributed by atoms with E-state index in [4.69, 9.17) is 0 Å². The highest BCUT2D eigenvalue weighted by Crippen LogP contribution is 2.28. The van der Waals surface area contributed by atoms with Gasteiger partial charge in [-0.2, -0.15) is 0 Å². The van der Waals surface area contributed by atoms with Crippen LogP contribution in [0, 0.1) is 11.6 Å². The molecule has 1 rings (SSSR count). The van der Waals surface area contributed by atoms with Crippen LogP contribution in [0.15, 0.2) is 18.2 Å². The monoisotopic (exact) mass is 269 g/mol. The zero-order valence-corrected chi connectivity index (χ0v) is 12.3. The lowest BCUT2D eigenvalue weighted by Gasteiger charge is -2.45. The fraction of sp³-hybridized carbons (Fsp3) is 0.533. The molecule has 0 aliphatic heterocycles. The number of carbonyl (C=O) groups excluding carboxylic acids is 1. The van der Waals surface area contributed by atoms with Gasteiger partial charge in [0, 0.05) is 11.1 Å². The first-order chi connectivity index (χ1) is 8.46. The predicted molar refractivity (Wildman–Crippen MR) is 72.0 cm³/mol. The van der Waals surface area contributed by atoms with Gasteiger partial charge in [0.25, 0.3) is 5.91 Å². The van der Waals surface area contributed by atoms with E-state index < -0.39 is 34.2 Å². The lowest BCUT2D eigenvalue weighted by Crippen LogP contribution is -2.56. The minimum Gasteiger partial charge on any atom is -0.329 e. The first-order valence-electron chi connectivity index (χ1n) is 6.25. The van der Waals surface area contributed by atoms with Crippen LogP contribution < -0.4 is 0 Å². The Morgan fingerprint density at radius 2 is 1.32 bits per heavy atom. The number of benzene rings is 1. The molecular formula is C15H21F2NO. The first kappa shape index (κ1) is 15.6. The van der Waals surface area contributed by atoms with Crippen molar-refractivity contribution in [2.24, 2.45) is 0 Å². The molecule has 0 fully saturated rings. The van der Waals surface area contributed by atoms with Crippen LogP contribution >= 0.6 is 0 Å². The Morgan fingerprint density at radius 3 is 1.63 bits per heavy atom. The highest BCUT2D eigenvalue weighted by molar-refractivity contribution is 5.95. The molecule has 0 aliphatic carbocycles. The minimum absolute atomic E-state index is 0.493. The van der Waals surface area contributed by atoms with Crippen molar-refractivity contribution in [2.45, 2.75) is 52.6 Å². The molecule has 19 heavy (non-hydrogen) atoms. The minimum atomic E-state index is -0.830. The molecule has 0 N–H and O–H groups in total. The average molecular weight is 269 g/mol. The van der Waals surface area contributed by atoms with Crippen LogP contribution in [0.1, 0.15) is 51.9 Å². The topological polar surface area (TPSA) is 20.3 Å². The molecule has 0 aliphatic rings. The maximum Gasteiger partial charge on any atom is 0.260 e. The number of nitrogens with zero attached hydrogens (tertiary/aromatic N) is 1. The van der Waals surface area contributed by atoms with E-state index in [0.29, 0.717) is 0 Å². The SMILES string of the molecule is CC(C)(C)N(C(=O)c1c(F)cccc1F)C(C)(C)C. The molecule has 0 bridgehead atoms. The summed E-state index contributed by atoms with van der Waals surface area (Å²) in [6.07, 6.45) is 0. The summed E-state index contributed by atoms with van der Waals surface area (Å²) in [7, 11) is 0. The van der Waals surface area contributed by atoms with Crippen molar-refractivity contribution in [1.82, 2.24) is 4.90 Å². The van der Waals surface area contributed by atoms with Crippen LogP contribution in [-0.2, 0) is 0 Å². The predicted octanol–water partition coefficient (Wildman–Crippen LogP) is 4.00. The molecule has 0 spiro atoms. The summed E-state index contributed by atoms with van der Waals surface area (Å²) < 4.78 is 27.5. The smallest absolute Gasteiger partial charge is 0.260 e. The van der Waals surface area contributed by atoms with Crippen LogP contribution in [-0.4, -0.2) is 21.9 Å². The Labute approximate surface area is 113 Å². The number of amides is 1. The summed E-state index contributed by atoms with van der Waals surface area (Å²) in [6.45, 7) is 11.1. The fourth-order valence-electron chi connectivity index (χ4n) is 2.43. The maximum absolute atomic E-state index is 13.8. The van der Waals surface area contributed by atoms with E-state index in [9.17, 15) is 13.6 Å². The van der Waals surface area contributed by atoms with Gasteiger partial charge in [-0.3, -0.25) is 4.79 Å². The van der Waals surface area contributed by atoms with Gasteiger partial charge in [-0.15, -0.1) is 0 Å². The Balaban J connectivity index is 3.37. The van der Waals surface area contributed by atoms with Crippen LogP contribution in [0.25, 0.3) is 0 Å². The zero-order valence-electron chi connectivity index (χ0n) is 12.3. The summed E-state index contributed by atoms with van der Waals surface area (Å²) >= 11 is 0. The molecule has 1 aromatic rings. The van der Waals surface area contributed by atoms with Crippen molar-refractivity contribution in [2.75, 3.05) is 0 Å². The van der Waals surface area contributed by atoms with E-state index in [1.807, 2.05) is 41.5 Å². The summed E-state index contributed by atoms with van der Waals surface area (Å²) in [5, 5.41) is 0. The Kier molecular flexibility index (Phi) is 4.03. The van der Waals surface area contributed by atoms with Gasteiger partial charge in [0.15, 0.2) is 0 Å². The molecule has 0 saturated heterocycles. The average Bonchev–Trinajstić information content (AvgIpc) is 2.11. The highest BCUT2D eigenvalue weighted by atomic mass is 19.1. The third-order valence-electron chi connectivity index (χ3n) is 2.72. The molecule has 0 saturated carbocycles. The Bertz CT molecular complexity index is 450. The van der Waals surface area contributed by atoms with Crippen molar-refractivity contribution in [3.05, 3.63) is 35.4 Å². The van der Waals surface area contributed by atoms with Crippen molar-refractivity contribution in [1.29, 1.82) is 0 Å². The standard InChI is InChI=1S/C15H21F2NO/c1-14(2,3)18(15(4,5)6)13(19)12-10(16)8-7-9-11(12)17/h7-9H,1-6H3. The van der Waals surface area contributed by atoms with E-state index in [2.05, 4.69) is 0 Å². The van der Waals surface area contributed by atoms with Gasteiger partial charge in [0.1, 0.15) is 17.2 Å². The van der Waals surface area contributed by atoms with E-state index in [0.717, 1.165) is 12.1 Å². The molecule has 0 atom stereocenters. The Hall–Kier alpha value is -1.45. The second kappa shape index (κ2) is 4.91. The van der Waals surface area contributed by atoms with Gasteiger partial charge in [0.05, 0.1) is 0 Å². The van der Waals surface area contributed by atoms with E-state index in [1.54, 1.807) is 0 Å². The second-order valence-electron chi connectivity index (χ2n) is 6.58. The number of carbonyl (C=O) groups is 1. The van der Waals surface area contributed by atoms with Crippen LogP contribution in [0.4, 0.5) is 8.78 Å². The van der Waals surface area contributed by atoms with Crippen molar-refractivity contribution in [3.8, 4) is 0 Å². The molecule has 1 amide bonds. The van der Waals surface area contributed by atoms with Crippen LogP contribution in [0.3, 0.4) is 0 Å². The van der Waals surface area contributed by atoms with Crippen LogP contribution in [0.5, 0.6) is 0 Å². The van der Waals surface area contributed by atoms with Gasteiger partial charge in [-0.1, -0.05) is 6.07 Å². The molecule has 0 aromatic heterocycles. The van der Waals surface area contributed by atoms with Gasteiger partial charge in [0.2, 0.25) is 0 Å². The van der Waals surface area contributed by atoms with E-state index >= 15 is 0 Å². The number of hydrogen-bond acceptors (Lipinski definition) is 1. The van der Waals surface area contributed by atoms with Crippen molar-refractivity contribution < 1.29 is 13.6 Å². The summed E-state index contributed by atoms with van der Waals surface area (Å²) in [5.74, 6) is -2.29.